The van der Waals surface area contributed by atoms with Crippen LogP contribution in [0, 0.1) is 5.41 Å². The van der Waals surface area contributed by atoms with Gasteiger partial charge in [0.15, 0.2) is 0 Å². The van der Waals surface area contributed by atoms with E-state index in [1.54, 1.807) is 0 Å². The molecule has 1 fully saturated rings. The number of hydrogen-bond donors (Lipinski definition) is 0. The molecule has 56 valence electrons. The van der Waals surface area contributed by atoms with Crippen LogP contribution in [0.2, 0.25) is 0 Å². The van der Waals surface area contributed by atoms with Gasteiger partial charge in [-0.05, 0) is 13.8 Å². The highest BCUT2D eigenvalue weighted by atomic mass is 16.5. The molecule has 0 aromatic heterocycles. The maximum absolute atomic E-state index is 11.0. The first-order valence-corrected chi connectivity index (χ1v) is 3.50. The maximum atomic E-state index is 11.0. The van der Waals surface area contributed by atoms with Gasteiger partial charge in [0.2, 0.25) is 0 Å². The van der Waals surface area contributed by atoms with Crippen molar-refractivity contribution in [3.8, 4) is 0 Å². The fourth-order valence-corrected chi connectivity index (χ4v) is 1.14. The summed E-state index contributed by atoms with van der Waals surface area (Å²) in [7, 11) is 0. The molecule has 0 N–H and O–H groups in total. The van der Waals surface area contributed by atoms with Crippen molar-refractivity contribution < 1.29 is 9.53 Å². The lowest BCUT2D eigenvalue weighted by molar-refractivity contribution is -0.143. The van der Waals surface area contributed by atoms with Crippen LogP contribution in [-0.4, -0.2) is 12.6 Å². The van der Waals surface area contributed by atoms with Gasteiger partial charge in [0.1, 0.15) is 0 Å². The Kier molecular flexibility index (Phi) is 1.79. The van der Waals surface area contributed by atoms with Gasteiger partial charge in [0.25, 0.3) is 0 Å². The molecule has 0 aromatic carbocycles. The monoisotopic (exact) mass is 140 g/mol. The first-order chi connectivity index (χ1) is 4.69. The zero-order chi connectivity index (χ0) is 7.61. The van der Waals surface area contributed by atoms with Crippen LogP contribution < -0.4 is 0 Å². The van der Waals surface area contributed by atoms with Crippen LogP contribution in [0.25, 0.3) is 0 Å². The molecule has 1 rings (SSSR count). The van der Waals surface area contributed by atoms with Gasteiger partial charge in [-0.3, -0.25) is 4.79 Å². The summed E-state index contributed by atoms with van der Waals surface area (Å²) in [6.07, 6.45) is 4.62. The third kappa shape index (κ3) is 1.06. The van der Waals surface area contributed by atoms with Crippen molar-refractivity contribution in [2.24, 2.45) is 5.41 Å². The second-order valence-corrected chi connectivity index (χ2v) is 2.80. The van der Waals surface area contributed by atoms with Gasteiger partial charge in [-0.1, -0.05) is 12.2 Å². The van der Waals surface area contributed by atoms with E-state index in [2.05, 4.69) is 0 Å². The standard InChI is InChI=1S/C8H12O2/c1-3-4-8(2)5-6-10-7(8)9/h3-4H,5-6H2,1-2H3. The van der Waals surface area contributed by atoms with Crippen molar-refractivity contribution in [2.75, 3.05) is 6.61 Å². The number of esters is 1. The van der Waals surface area contributed by atoms with Gasteiger partial charge >= 0.3 is 5.97 Å². The minimum absolute atomic E-state index is 0.0920. The van der Waals surface area contributed by atoms with Crippen LogP contribution >= 0.6 is 0 Å². The average molecular weight is 140 g/mol. The van der Waals surface area contributed by atoms with Gasteiger partial charge in [0.05, 0.1) is 12.0 Å². The second-order valence-electron chi connectivity index (χ2n) is 2.80. The summed E-state index contributed by atoms with van der Waals surface area (Å²) in [6.45, 7) is 4.39. The third-order valence-corrected chi connectivity index (χ3v) is 1.86. The first-order valence-electron chi connectivity index (χ1n) is 3.50. The Hall–Kier alpha value is -0.790. The molecule has 0 aromatic rings. The number of rotatable bonds is 1. The average Bonchev–Trinajstić information content (AvgIpc) is 2.15. The van der Waals surface area contributed by atoms with E-state index in [4.69, 9.17) is 4.74 Å². The van der Waals surface area contributed by atoms with Crippen molar-refractivity contribution in [1.29, 1.82) is 0 Å². The SMILES string of the molecule is CC=CC1(C)CCOC1=O. The van der Waals surface area contributed by atoms with E-state index < -0.39 is 0 Å². The molecule has 0 saturated carbocycles. The molecule has 0 spiro atoms. The highest BCUT2D eigenvalue weighted by Crippen LogP contribution is 2.30. The Balaban J connectivity index is 2.75. The number of hydrogen-bond acceptors (Lipinski definition) is 2. The molecule has 1 aliphatic heterocycles. The van der Waals surface area contributed by atoms with Gasteiger partial charge < -0.3 is 4.74 Å². The molecule has 1 saturated heterocycles. The predicted octanol–water partition coefficient (Wildman–Crippen LogP) is 1.52. The fraction of sp³-hybridized carbons (Fsp3) is 0.625. The summed E-state index contributed by atoms with van der Waals surface area (Å²) in [5, 5.41) is 0. The molecule has 0 bridgehead atoms. The molecule has 2 nitrogen and oxygen atoms in total. The van der Waals surface area contributed by atoms with Gasteiger partial charge in [-0.2, -0.15) is 0 Å². The number of carbonyl (C=O) groups excluding carboxylic acids is 1. The largest absolute Gasteiger partial charge is 0.465 e. The number of ether oxygens (including phenoxy) is 1. The zero-order valence-corrected chi connectivity index (χ0v) is 6.39. The van der Waals surface area contributed by atoms with E-state index in [9.17, 15) is 4.79 Å². The molecular formula is C8H12O2. The van der Waals surface area contributed by atoms with E-state index in [0.29, 0.717) is 6.61 Å². The Morgan fingerprint density at radius 2 is 2.40 bits per heavy atom. The Labute approximate surface area is 60.9 Å². The minimum Gasteiger partial charge on any atom is -0.465 e. The topological polar surface area (TPSA) is 26.3 Å². The molecule has 0 amide bonds. The highest BCUT2D eigenvalue weighted by molar-refractivity contribution is 5.80. The molecule has 0 radical (unpaired) electrons. The van der Waals surface area contributed by atoms with E-state index in [0.717, 1.165) is 6.42 Å². The molecule has 1 aliphatic rings. The Morgan fingerprint density at radius 1 is 1.70 bits per heavy atom. The number of carbonyl (C=O) groups is 1. The van der Waals surface area contributed by atoms with Crippen LogP contribution in [0.3, 0.4) is 0 Å². The van der Waals surface area contributed by atoms with Gasteiger partial charge in [-0.15, -0.1) is 0 Å². The lowest BCUT2D eigenvalue weighted by atomic mass is 9.89. The molecule has 1 unspecified atom stereocenters. The molecule has 1 heterocycles. The van der Waals surface area contributed by atoms with Gasteiger partial charge in [-0.25, -0.2) is 0 Å². The molecular weight excluding hydrogens is 128 g/mol. The highest BCUT2D eigenvalue weighted by Gasteiger charge is 2.36. The Bertz CT molecular complexity index is 172. The van der Waals surface area contributed by atoms with E-state index in [1.165, 1.54) is 0 Å². The summed E-state index contributed by atoms with van der Waals surface area (Å²) in [4.78, 5) is 11.0. The normalized spacial score (nSPS) is 33.2. The second kappa shape index (κ2) is 2.45. The zero-order valence-electron chi connectivity index (χ0n) is 6.39. The summed E-state index contributed by atoms with van der Waals surface area (Å²) in [6, 6.07) is 0. The number of cyclic esters (lactones) is 1. The van der Waals surface area contributed by atoms with Crippen LogP contribution in [-0.2, 0) is 9.53 Å². The Morgan fingerprint density at radius 3 is 2.80 bits per heavy atom. The smallest absolute Gasteiger partial charge is 0.315 e. The summed E-state index contributed by atoms with van der Waals surface area (Å²) in [5.74, 6) is -0.0920. The van der Waals surface area contributed by atoms with Crippen LogP contribution in [0.15, 0.2) is 12.2 Å². The van der Waals surface area contributed by atoms with E-state index >= 15 is 0 Å². The molecule has 10 heavy (non-hydrogen) atoms. The van der Waals surface area contributed by atoms with Crippen LogP contribution in [0.1, 0.15) is 20.3 Å². The van der Waals surface area contributed by atoms with Crippen molar-refractivity contribution in [3.63, 3.8) is 0 Å². The quantitative estimate of drug-likeness (QED) is 0.407. The lowest BCUT2D eigenvalue weighted by Gasteiger charge is -2.11. The summed E-state index contributed by atoms with van der Waals surface area (Å²) in [5.41, 5.74) is -0.339. The van der Waals surface area contributed by atoms with Crippen LogP contribution in [0.5, 0.6) is 0 Å². The van der Waals surface area contributed by atoms with Crippen molar-refractivity contribution in [2.45, 2.75) is 20.3 Å². The maximum Gasteiger partial charge on any atom is 0.315 e. The van der Waals surface area contributed by atoms with E-state index in [-0.39, 0.29) is 11.4 Å². The third-order valence-electron chi connectivity index (χ3n) is 1.86. The first kappa shape index (κ1) is 7.32. The molecule has 0 aliphatic carbocycles. The minimum atomic E-state index is -0.339. The van der Waals surface area contributed by atoms with E-state index in [1.807, 2.05) is 26.0 Å². The van der Waals surface area contributed by atoms with Crippen molar-refractivity contribution in [3.05, 3.63) is 12.2 Å². The fourth-order valence-electron chi connectivity index (χ4n) is 1.14. The predicted molar refractivity (Wildman–Crippen MR) is 38.5 cm³/mol. The summed E-state index contributed by atoms with van der Waals surface area (Å²) < 4.78 is 4.83. The van der Waals surface area contributed by atoms with Crippen LogP contribution in [0.4, 0.5) is 0 Å². The van der Waals surface area contributed by atoms with Gasteiger partial charge in [0, 0.05) is 6.42 Å². The number of allylic oxidation sites excluding steroid dienone is 1. The molecule has 1 atom stereocenters. The van der Waals surface area contributed by atoms with Crippen molar-refractivity contribution >= 4 is 5.97 Å². The lowest BCUT2D eigenvalue weighted by Crippen LogP contribution is -2.18. The van der Waals surface area contributed by atoms with Crippen molar-refractivity contribution in [1.82, 2.24) is 0 Å². The molecule has 2 heteroatoms. The summed E-state index contributed by atoms with van der Waals surface area (Å²) >= 11 is 0.